The van der Waals surface area contributed by atoms with Crippen LogP contribution in [0, 0.1) is 19.8 Å². The average Bonchev–Trinajstić information content (AvgIpc) is 2.50. The fourth-order valence-corrected chi connectivity index (χ4v) is 2.30. The van der Waals surface area contributed by atoms with Gasteiger partial charge in [0, 0.05) is 7.05 Å². The molecule has 0 aliphatic rings. The van der Waals surface area contributed by atoms with Crippen LogP contribution in [-0.2, 0) is 16.6 Å². The van der Waals surface area contributed by atoms with Crippen molar-refractivity contribution in [2.45, 2.75) is 40.2 Å². The van der Waals surface area contributed by atoms with E-state index in [9.17, 15) is 19.2 Å². The Labute approximate surface area is 145 Å². The van der Waals surface area contributed by atoms with E-state index in [0.29, 0.717) is 11.3 Å². The average molecular weight is 352 g/mol. The van der Waals surface area contributed by atoms with Crippen LogP contribution in [0.4, 0.5) is 0 Å². The van der Waals surface area contributed by atoms with Crippen LogP contribution in [0.2, 0.25) is 0 Å². The van der Waals surface area contributed by atoms with Gasteiger partial charge in [-0.05, 0) is 31.7 Å². The predicted octanol–water partition coefficient (Wildman–Crippen LogP) is -0.258. The van der Waals surface area contributed by atoms with Gasteiger partial charge in [-0.3, -0.25) is 14.4 Å². The molecule has 0 saturated heterocycles. The lowest BCUT2D eigenvalue weighted by Crippen LogP contribution is -2.46. The number of nitrogens with zero attached hydrogens (tertiary/aromatic N) is 2. The SMILES string of the molecule is Cc1nn(C)c(=O)c(C(=O)NCC(=O)N[C@@H](CC(C)C)C(=O)O)c1C. The van der Waals surface area contributed by atoms with Crippen LogP contribution in [0.3, 0.4) is 0 Å². The number of hydrogen-bond donors (Lipinski definition) is 3. The molecule has 138 valence electrons. The summed E-state index contributed by atoms with van der Waals surface area (Å²) < 4.78 is 1.06. The van der Waals surface area contributed by atoms with E-state index in [0.717, 1.165) is 4.68 Å². The normalized spacial score (nSPS) is 11.9. The van der Waals surface area contributed by atoms with E-state index in [1.54, 1.807) is 13.8 Å². The number of aliphatic carboxylic acids is 1. The van der Waals surface area contributed by atoms with Gasteiger partial charge in [0.1, 0.15) is 11.6 Å². The Morgan fingerprint density at radius 3 is 2.36 bits per heavy atom. The third-order valence-electron chi connectivity index (χ3n) is 3.70. The molecule has 0 saturated carbocycles. The predicted molar refractivity (Wildman–Crippen MR) is 90.3 cm³/mol. The highest BCUT2D eigenvalue weighted by atomic mass is 16.4. The quantitative estimate of drug-likeness (QED) is 0.620. The minimum Gasteiger partial charge on any atom is -0.480 e. The van der Waals surface area contributed by atoms with Crippen molar-refractivity contribution in [1.29, 1.82) is 0 Å². The number of rotatable bonds is 7. The molecule has 0 aromatic carbocycles. The number of aryl methyl sites for hydroxylation is 2. The standard InChI is InChI=1S/C16H24N4O5/c1-8(2)6-11(16(24)25)18-12(21)7-17-14(22)13-9(3)10(4)19-20(5)15(13)23/h8,11H,6-7H2,1-5H3,(H,17,22)(H,18,21)(H,24,25)/t11-/m0/s1. The molecule has 1 heterocycles. The van der Waals surface area contributed by atoms with Crippen LogP contribution in [0.5, 0.6) is 0 Å². The van der Waals surface area contributed by atoms with Crippen molar-refractivity contribution in [3.8, 4) is 0 Å². The molecule has 9 nitrogen and oxygen atoms in total. The number of carbonyl (C=O) groups excluding carboxylic acids is 2. The van der Waals surface area contributed by atoms with E-state index in [-0.39, 0.29) is 17.9 Å². The molecule has 0 aliphatic carbocycles. The summed E-state index contributed by atoms with van der Waals surface area (Å²) in [5.41, 5.74) is 0.313. The first-order chi connectivity index (χ1) is 11.5. The molecular weight excluding hydrogens is 328 g/mol. The second kappa shape index (κ2) is 8.41. The first kappa shape index (κ1) is 20.3. The molecule has 2 amide bonds. The second-order valence-corrected chi connectivity index (χ2v) is 6.28. The Balaban J connectivity index is 2.79. The highest BCUT2D eigenvalue weighted by Gasteiger charge is 2.22. The lowest BCUT2D eigenvalue weighted by atomic mass is 10.0. The number of carboxylic acid groups (broad SMARTS) is 1. The summed E-state index contributed by atoms with van der Waals surface area (Å²) in [4.78, 5) is 47.4. The van der Waals surface area contributed by atoms with Gasteiger partial charge in [-0.2, -0.15) is 5.10 Å². The van der Waals surface area contributed by atoms with Crippen molar-refractivity contribution in [2.75, 3.05) is 6.54 Å². The van der Waals surface area contributed by atoms with Gasteiger partial charge in [0.2, 0.25) is 5.91 Å². The van der Waals surface area contributed by atoms with E-state index in [2.05, 4.69) is 15.7 Å². The number of aromatic nitrogens is 2. The third-order valence-corrected chi connectivity index (χ3v) is 3.70. The fraction of sp³-hybridized carbons (Fsp3) is 0.562. The molecule has 0 bridgehead atoms. The van der Waals surface area contributed by atoms with Gasteiger partial charge < -0.3 is 15.7 Å². The number of carbonyl (C=O) groups is 3. The summed E-state index contributed by atoms with van der Waals surface area (Å²) in [5.74, 6) is -2.39. The van der Waals surface area contributed by atoms with Crippen molar-refractivity contribution in [3.63, 3.8) is 0 Å². The summed E-state index contributed by atoms with van der Waals surface area (Å²) in [6.45, 7) is 6.52. The van der Waals surface area contributed by atoms with E-state index in [1.807, 2.05) is 13.8 Å². The van der Waals surface area contributed by atoms with Gasteiger partial charge in [0.05, 0.1) is 12.2 Å². The molecule has 25 heavy (non-hydrogen) atoms. The summed E-state index contributed by atoms with van der Waals surface area (Å²) in [6, 6.07) is -1.03. The first-order valence-electron chi connectivity index (χ1n) is 7.89. The van der Waals surface area contributed by atoms with Gasteiger partial charge in [-0.25, -0.2) is 9.48 Å². The van der Waals surface area contributed by atoms with Crippen LogP contribution in [0.25, 0.3) is 0 Å². The van der Waals surface area contributed by atoms with Crippen molar-refractivity contribution < 1.29 is 19.5 Å². The van der Waals surface area contributed by atoms with E-state index >= 15 is 0 Å². The zero-order valence-electron chi connectivity index (χ0n) is 15.0. The molecule has 1 aromatic rings. The highest BCUT2D eigenvalue weighted by molar-refractivity contribution is 5.97. The third kappa shape index (κ3) is 5.40. The molecule has 0 radical (unpaired) electrons. The van der Waals surface area contributed by atoms with Crippen LogP contribution < -0.4 is 16.2 Å². The summed E-state index contributed by atoms with van der Waals surface area (Å²) in [5, 5.41) is 17.8. The molecular formula is C16H24N4O5. The lowest BCUT2D eigenvalue weighted by Gasteiger charge is -2.16. The Bertz CT molecular complexity index is 739. The van der Waals surface area contributed by atoms with Crippen molar-refractivity contribution >= 4 is 17.8 Å². The zero-order valence-corrected chi connectivity index (χ0v) is 15.0. The number of nitrogens with one attached hydrogen (secondary N) is 2. The first-order valence-corrected chi connectivity index (χ1v) is 7.89. The molecule has 0 unspecified atom stereocenters. The van der Waals surface area contributed by atoms with Gasteiger partial charge in [0.25, 0.3) is 11.5 Å². The minimum atomic E-state index is -1.14. The maximum Gasteiger partial charge on any atom is 0.326 e. The molecule has 3 N–H and O–H groups in total. The Morgan fingerprint density at radius 2 is 1.84 bits per heavy atom. The van der Waals surface area contributed by atoms with Crippen LogP contribution >= 0.6 is 0 Å². The fourth-order valence-electron chi connectivity index (χ4n) is 2.30. The maximum atomic E-state index is 12.2. The molecule has 9 heteroatoms. The zero-order chi connectivity index (χ0) is 19.3. The monoisotopic (exact) mass is 352 g/mol. The van der Waals surface area contributed by atoms with Gasteiger partial charge in [0.15, 0.2) is 0 Å². The summed E-state index contributed by atoms with van der Waals surface area (Å²) in [7, 11) is 1.43. The smallest absolute Gasteiger partial charge is 0.326 e. The van der Waals surface area contributed by atoms with Gasteiger partial charge >= 0.3 is 5.97 Å². The number of hydrogen-bond acceptors (Lipinski definition) is 5. The van der Waals surface area contributed by atoms with Crippen molar-refractivity contribution in [3.05, 3.63) is 27.2 Å². The van der Waals surface area contributed by atoms with E-state index in [1.165, 1.54) is 7.05 Å². The number of amides is 2. The summed E-state index contributed by atoms with van der Waals surface area (Å²) in [6.07, 6.45) is 0.276. The van der Waals surface area contributed by atoms with Gasteiger partial charge in [-0.15, -0.1) is 0 Å². The molecule has 1 aromatic heterocycles. The molecule has 0 spiro atoms. The highest BCUT2D eigenvalue weighted by Crippen LogP contribution is 2.06. The molecule has 0 aliphatic heterocycles. The van der Waals surface area contributed by atoms with Crippen LogP contribution in [0.15, 0.2) is 4.79 Å². The minimum absolute atomic E-state index is 0.0836. The van der Waals surface area contributed by atoms with E-state index < -0.39 is 35.9 Å². The second-order valence-electron chi connectivity index (χ2n) is 6.28. The molecule has 0 fully saturated rings. The van der Waals surface area contributed by atoms with Crippen LogP contribution in [-0.4, -0.2) is 45.3 Å². The molecule has 1 atom stereocenters. The lowest BCUT2D eigenvalue weighted by molar-refractivity contribution is -0.142. The largest absolute Gasteiger partial charge is 0.480 e. The number of carboxylic acids is 1. The maximum absolute atomic E-state index is 12.2. The van der Waals surface area contributed by atoms with Crippen molar-refractivity contribution in [2.24, 2.45) is 13.0 Å². The van der Waals surface area contributed by atoms with Gasteiger partial charge in [-0.1, -0.05) is 13.8 Å². The van der Waals surface area contributed by atoms with Crippen molar-refractivity contribution in [1.82, 2.24) is 20.4 Å². The summed E-state index contributed by atoms with van der Waals surface area (Å²) >= 11 is 0. The van der Waals surface area contributed by atoms with Crippen LogP contribution in [0.1, 0.15) is 41.9 Å². The Hall–Kier alpha value is -2.71. The molecule has 1 rings (SSSR count). The topological polar surface area (TPSA) is 130 Å². The Morgan fingerprint density at radius 1 is 1.24 bits per heavy atom. The van der Waals surface area contributed by atoms with E-state index in [4.69, 9.17) is 5.11 Å². The Kier molecular flexibility index (Phi) is 6.84.